The molecular weight excluding hydrogens is 206 g/mol. The van der Waals surface area contributed by atoms with E-state index in [2.05, 4.69) is 16.6 Å². The summed E-state index contributed by atoms with van der Waals surface area (Å²) in [6, 6.07) is -0.502. The maximum atomic E-state index is 11.5. The van der Waals surface area contributed by atoms with E-state index in [1.807, 2.05) is 0 Å². The average Bonchev–Trinajstić information content (AvgIpc) is 3.10. The first-order valence-corrected chi connectivity index (χ1v) is 5.68. The smallest absolute Gasteiger partial charge is 0.328 e. The van der Waals surface area contributed by atoms with Crippen molar-refractivity contribution in [2.45, 2.75) is 38.1 Å². The molecule has 4 heteroatoms. The summed E-state index contributed by atoms with van der Waals surface area (Å²) < 4.78 is 4.66. The number of hydrogen-bond acceptors (Lipinski definition) is 3. The summed E-state index contributed by atoms with van der Waals surface area (Å²) >= 11 is 0. The van der Waals surface area contributed by atoms with Crippen LogP contribution in [0.25, 0.3) is 0 Å². The minimum Gasteiger partial charge on any atom is -0.467 e. The molecule has 1 rings (SSSR count). The Bertz CT molecular complexity index is 271. The number of ether oxygens (including phenoxy) is 1. The largest absolute Gasteiger partial charge is 0.467 e. The van der Waals surface area contributed by atoms with Gasteiger partial charge in [0.15, 0.2) is 0 Å². The lowest BCUT2D eigenvalue weighted by molar-refractivity contribution is -0.145. The molecule has 1 atom stereocenters. The van der Waals surface area contributed by atoms with Crippen molar-refractivity contribution in [1.29, 1.82) is 0 Å². The van der Waals surface area contributed by atoms with Crippen LogP contribution in [-0.4, -0.2) is 25.0 Å². The lowest BCUT2D eigenvalue weighted by atomic mass is 10.1. The number of nitrogens with one attached hydrogen (secondary N) is 1. The van der Waals surface area contributed by atoms with Crippen LogP contribution in [0.2, 0.25) is 0 Å². The standard InChI is InChI=1S/C12H19NO3/c1-3-4-5-6-10(12(15)16-2)13-11(14)9-7-8-9/h3,9-10H,1,4-8H2,2H3,(H,13,14)/t10-/m1/s1. The maximum absolute atomic E-state index is 11.5. The molecule has 90 valence electrons. The predicted octanol–water partition coefficient (Wildman–Crippen LogP) is 1.41. The molecule has 0 aliphatic heterocycles. The molecule has 0 bridgehead atoms. The van der Waals surface area contributed by atoms with Crippen LogP contribution < -0.4 is 5.32 Å². The van der Waals surface area contributed by atoms with E-state index in [1.165, 1.54) is 7.11 Å². The van der Waals surface area contributed by atoms with Crippen LogP contribution in [0, 0.1) is 5.92 Å². The van der Waals surface area contributed by atoms with Crippen LogP contribution in [0.3, 0.4) is 0 Å². The molecule has 0 spiro atoms. The summed E-state index contributed by atoms with van der Waals surface area (Å²) in [5.74, 6) is -0.265. The molecule has 1 aliphatic carbocycles. The number of allylic oxidation sites excluding steroid dienone is 1. The molecule has 4 nitrogen and oxygen atoms in total. The lowest BCUT2D eigenvalue weighted by Gasteiger charge is -2.15. The third kappa shape index (κ3) is 4.04. The topological polar surface area (TPSA) is 55.4 Å². The molecule has 0 aromatic rings. The first-order valence-electron chi connectivity index (χ1n) is 5.68. The van der Waals surface area contributed by atoms with Crippen LogP contribution in [0.4, 0.5) is 0 Å². The molecule has 1 aliphatic rings. The highest BCUT2D eigenvalue weighted by molar-refractivity contribution is 5.86. The van der Waals surface area contributed by atoms with Gasteiger partial charge in [0.1, 0.15) is 6.04 Å². The van der Waals surface area contributed by atoms with E-state index >= 15 is 0 Å². The zero-order valence-corrected chi connectivity index (χ0v) is 9.70. The zero-order valence-electron chi connectivity index (χ0n) is 9.70. The molecule has 0 radical (unpaired) electrons. The predicted molar refractivity (Wildman–Crippen MR) is 60.7 cm³/mol. The SMILES string of the molecule is C=CCCC[C@@H](NC(=O)C1CC1)C(=O)OC. The average molecular weight is 225 g/mol. The second-order valence-electron chi connectivity index (χ2n) is 4.08. The normalized spacial score (nSPS) is 16.3. The second-order valence-corrected chi connectivity index (χ2v) is 4.08. The minimum atomic E-state index is -0.502. The Morgan fingerprint density at radius 1 is 1.56 bits per heavy atom. The van der Waals surface area contributed by atoms with Crippen LogP contribution in [-0.2, 0) is 14.3 Å². The Morgan fingerprint density at radius 2 is 2.25 bits per heavy atom. The number of methoxy groups -OCH3 is 1. The van der Waals surface area contributed by atoms with Crippen LogP contribution in [0.1, 0.15) is 32.1 Å². The van der Waals surface area contributed by atoms with Gasteiger partial charge in [0.05, 0.1) is 7.11 Å². The Morgan fingerprint density at radius 3 is 2.75 bits per heavy atom. The van der Waals surface area contributed by atoms with E-state index in [4.69, 9.17) is 0 Å². The van der Waals surface area contributed by atoms with E-state index in [0.717, 1.165) is 25.7 Å². The molecule has 0 saturated heterocycles. The number of esters is 1. The van der Waals surface area contributed by atoms with Gasteiger partial charge in [-0.3, -0.25) is 4.79 Å². The Hall–Kier alpha value is -1.32. The molecule has 16 heavy (non-hydrogen) atoms. The van der Waals surface area contributed by atoms with Crippen molar-refractivity contribution in [1.82, 2.24) is 5.32 Å². The number of amides is 1. The van der Waals surface area contributed by atoms with Crippen LogP contribution in [0.15, 0.2) is 12.7 Å². The molecule has 0 aromatic heterocycles. The number of carbonyl (C=O) groups is 2. The van der Waals surface area contributed by atoms with Crippen molar-refractivity contribution in [3.63, 3.8) is 0 Å². The van der Waals surface area contributed by atoms with Gasteiger partial charge in [-0.1, -0.05) is 6.08 Å². The van der Waals surface area contributed by atoms with Gasteiger partial charge in [0.25, 0.3) is 0 Å². The number of rotatable bonds is 7. The van der Waals surface area contributed by atoms with Crippen molar-refractivity contribution >= 4 is 11.9 Å². The van der Waals surface area contributed by atoms with Gasteiger partial charge in [-0.15, -0.1) is 6.58 Å². The van der Waals surface area contributed by atoms with Gasteiger partial charge >= 0.3 is 5.97 Å². The maximum Gasteiger partial charge on any atom is 0.328 e. The van der Waals surface area contributed by atoms with Crippen molar-refractivity contribution in [3.8, 4) is 0 Å². The number of unbranched alkanes of at least 4 members (excludes halogenated alkanes) is 1. The Kier molecular flexibility index (Phi) is 5.02. The highest BCUT2D eigenvalue weighted by atomic mass is 16.5. The molecule has 1 saturated carbocycles. The summed E-state index contributed by atoms with van der Waals surface area (Å²) in [6.45, 7) is 3.62. The fourth-order valence-corrected chi connectivity index (χ4v) is 1.49. The van der Waals surface area contributed by atoms with E-state index in [1.54, 1.807) is 6.08 Å². The van der Waals surface area contributed by atoms with Gasteiger partial charge in [0.2, 0.25) is 5.91 Å². The summed E-state index contributed by atoms with van der Waals surface area (Å²) in [5.41, 5.74) is 0. The number of carbonyl (C=O) groups excluding carboxylic acids is 2. The number of hydrogen-bond donors (Lipinski definition) is 1. The van der Waals surface area contributed by atoms with Gasteiger partial charge < -0.3 is 10.1 Å². The molecule has 1 fully saturated rings. The monoisotopic (exact) mass is 225 g/mol. The molecule has 1 amide bonds. The summed E-state index contributed by atoms with van der Waals surface area (Å²) in [4.78, 5) is 23.0. The fraction of sp³-hybridized carbons (Fsp3) is 0.667. The zero-order chi connectivity index (χ0) is 12.0. The van der Waals surface area contributed by atoms with Gasteiger partial charge in [-0.05, 0) is 32.1 Å². The van der Waals surface area contributed by atoms with E-state index < -0.39 is 6.04 Å². The molecule has 1 N–H and O–H groups in total. The van der Waals surface area contributed by atoms with Crippen molar-refractivity contribution < 1.29 is 14.3 Å². The van der Waals surface area contributed by atoms with Crippen LogP contribution >= 0.6 is 0 Å². The Balaban J connectivity index is 2.38. The summed E-state index contributed by atoms with van der Waals surface area (Å²) in [5, 5.41) is 2.74. The van der Waals surface area contributed by atoms with E-state index in [-0.39, 0.29) is 17.8 Å². The second kappa shape index (κ2) is 6.30. The van der Waals surface area contributed by atoms with Crippen molar-refractivity contribution in [3.05, 3.63) is 12.7 Å². The third-order valence-corrected chi connectivity index (χ3v) is 2.65. The highest BCUT2D eigenvalue weighted by Crippen LogP contribution is 2.29. The molecule has 0 heterocycles. The highest BCUT2D eigenvalue weighted by Gasteiger charge is 2.32. The third-order valence-electron chi connectivity index (χ3n) is 2.65. The molecular formula is C12H19NO3. The summed E-state index contributed by atoms with van der Waals surface area (Å²) in [7, 11) is 1.34. The first-order chi connectivity index (χ1) is 7.69. The van der Waals surface area contributed by atoms with Crippen molar-refractivity contribution in [2.75, 3.05) is 7.11 Å². The van der Waals surface area contributed by atoms with Gasteiger partial charge in [-0.25, -0.2) is 4.79 Å². The minimum absolute atomic E-state index is 0.0194. The Labute approximate surface area is 96.0 Å². The van der Waals surface area contributed by atoms with Crippen molar-refractivity contribution in [2.24, 2.45) is 5.92 Å². The lowest BCUT2D eigenvalue weighted by Crippen LogP contribution is -2.42. The molecule has 0 unspecified atom stereocenters. The first kappa shape index (κ1) is 12.7. The van der Waals surface area contributed by atoms with E-state index in [9.17, 15) is 9.59 Å². The fourth-order valence-electron chi connectivity index (χ4n) is 1.49. The van der Waals surface area contributed by atoms with Gasteiger partial charge in [0, 0.05) is 5.92 Å². The van der Waals surface area contributed by atoms with Crippen LogP contribution in [0.5, 0.6) is 0 Å². The summed E-state index contributed by atoms with van der Waals surface area (Å²) in [6.07, 6.45) is 5.95. The quantitative estimate of drug-likeness (QED) is 0.405. The van der Waals surface area contributed by atoms with E-state index in [0.29, 0.717) is 6.42 Å². The van der Waals surface area contributed by atoms with Gasteiger partial charge in [-0.2, -0.15) is 0 Å². The molecule has 0 aromatic carbocycles.